The van der Waals surface area contributed by atoms with Gasteiger partial charge < -0.3 is 21.5 Å². The third-order valence-corrected chi connectivity index (χ3v) is 3.80. The summed E-state index contributed by atoms with van der Waals surface area (Å²) in [6.07, 6.45) is 0. The van der Waals surface area contributed by atoms with Crippen LogP contribution in [-0.4, -0.2) is 31.6 Å². The quantitative estimate of drug-likeness (QED) is 0.682. The van der Waals surface area contributed by atoms with E-state index in [-0.39, 0.29) is 19.1 Å². The van der Waals surface area contributed by atoms with E-state index >= 15 is 0 Å². The zero-order valence-electron chi connectivity index (χ0n) is 10.7. The van der Waals surface area contributed by atoms with Gasteiger partial charge in [-0.3, -0.25) is 9.59 Å². The van der Waals surface area contributed by atoms with Crippen molar-refractivity contribution < 1.29 is 14.3 Å². The summed E-state index contributed by atoms with van der Waals surface area (Å²) in [6, 6.07) is 7.58. The summed E-state index contributed by atoms with van der Waals surface area (Å²) in [5.41, 5.74) is 11.4. The zero-order chi connectivity index (χ0) is 14.5. The van der Waals surface area contributed by atoms with Crippen molar-refractivity contribution in [1.29, 1.82) is 0 Å². The van der Waals surface area contributed by atoms with Crippen molar-refractivity contribution >= 4 is 38.9 Å². The second-order valence-electron chi connectivity index (χ2n) is 4.12. The molecule has 0 aliphatic carbocycles. The van der Waals surface area contributed by atoms with E-state index in [2.05, 4.69) is 5.32 Å². The highest BCUT2D eigenvalue weighted by atomic mass is 32.1. The Kier molecular flexibility index (Phi) is 4.54. The molecule has 0 spiro atoms. The fourth-order valence-electron chi connectivity index (χ4n) is 1.72. The Morgan fingerprint density at radius 1 is 1.30 bits per heavy atom. The molecule has 0 aliphatic heterocycles. The second kappa shape index (κ2) is 6.36. The largest absolute Gasteiger partial charge is 0.397 e. The van der Waals surface area contributed by atoms with Crippen LogP contribution in [0.2, 0.25) is 0 Å². The van der Waals surface area contributed by atoms with Crippen LogP contribution in [0, 0.1) is 0 Å². The maximum Gasteiger partial charge on any atom is 0.263 e. The van der Waals surface area contributed by atoms with E-state index in [9.17, 15) is 9.59 Å². The van der Waals surface area contributed by atoms with Crippen LogP contribution >= 0.6 is 11.3 Å². The number of ether oxygens (including phenoxy) is 1. The minimum absolute atomic E-state index is 0.152. The predicted molar refractivity (Wildman–Crippen MR) is 78.6 cm³/mol. The standard InChI is InChI=1S/C13H15N3O3S/c14-10(17)7-19-6-5-16-13(18)12-11(15)8-3-1-2-4-9(8)20-12/h1-4H,5-7,15H2,(H2,14,17)(H,16,18). The average Bonchev–Trinajstić information content (AvgIpc) is 2.76. The molecule has 0 atom stereocenters. The lowest BCUT2D eigenvalue weighted by atomic mass is 10.2. The number of amides is 2. The van der Waals surface area contributed by atoms with Gasteiger partial charge >= 0.3 is 0 Å². The number of nitrogens with two attached hydrogens (primary N) is 2. The molecule has 0 bridgehead atoms. The summed E-state index contributed by atoms with van der Waals surface area (Å²) in [5.74, 6) is -0.781. The van der Waals surface area contributed by atoms with E-state index in [0.717, 1.165) is 10.1 Å². The highest BCUT2D eigenvalue weighted by Gasteiger charge is 2.15. The van der Waals surface area contributed by atoms with Crippen molar-refractivity contribution in [3.8, 4) is 0 Å². The molecule has 5 N–H and O–H groups in total. The molecule has 2 rings (SSSR count). The van der Waals surface area contributed by atoms with Gasteiger partial charge in [-0.25, -0.2) is 0 Å². The van der Waals surface area contributed by atoms with Crippen LogP contribution < -0.4 is 16.8 Å². The van der Waals surface area contributed by atoms with Crippen molar-refractivity contribution in [3.05, 3.63) is 29.1 Å². The van der Waals surface area contributed by atoms with Crippen molar-refractivity contribution in [3.63, 3.8) is 0 Å². The molecule has 2 amide bonds. The van der Waals surface area contributed by atoms with Crippen LogP contribution in [0.3, 0.4) is 0 Å². The molecule has 0 fully saturated rings. The lowest BCUT2D eigenvalue weighted by molar-refractivity contribution is -0.122. The molecule has 0 unspecified atom stereocenters. The fraction of sp³-hybridized carbons (Fsp3) is 0.231. The maximum atomic E-state index is 12.0. The number of primary amides is 1. The molecular formula is C13H15N3O3S. The van der Waals surface area contributed by atoms with E-state index in [4.69, 9.17) is 16.2 Å². The molecule has 1 aromatic carbocycles. The Morgan fingerprint density at radius 3 is 2.75 bits per heavy atom. The predicted octanol–water partition coefficient (Wildman–Crippen LogP) is 0.715. The van der Waals surface area contributed by atoms with Crippen molar-refractivity contribution in [1.82, 2.24) is 5.32 Å². The van der Waals surface area contributed by atoms with Crippen LogP contribution in [0.15, 0.2) is 24.3 Å². The first kappa shape index (κ1) is 14.3. The summed E-state index contributed by atoms with van der Waals surface area (Å²) >= 11 is 1.35. The number of nitrogens with one attached hydrogen (secondary N) is 1. The Bertz CT molecular complexity index is 639. The van der Waals surface area contributed by atoms with E-state index < -0.39 is 5.91 Å². The summed E-state index contributed by atoms with van der Waals surface area (Å²) < 4.78 is 5.93. The first-order valence-corrected chi connectivity index (χ1v) is 6.82. The van der Waals surface area contributed by atoms with E-state index in [1.807, 2.05) is 24.3 Å². The Balaban J connectivity index is 1.94. The number of nitrogen functional groups attached to an aromatic ring is 1. The molecule has 106 valence electrons. The van der Waals surface area contributed by atoms with Gasteiger partial charge in [0.1, 0.15) is 11.5 Å². The van der Waals surface area contributed by atoms with E-state index in [1.165, 1.54) is 11.3 Å². The second-order valence-corrected chi connectivity index (χ2v) is 5.17. The van der Waals surface area contributed by atoms with Gasteiger partial charge in [-0.15, -0.1) is 11.3 Å². The smallest absolute Gasteiger partial charge is 0.263 e. The van der Waals surface area contributed by atoms with Gasteiger partial charge in [0.2, 0.25) is 5.91 Å². The molecule has 6 nitrogen and oxygen atoms in total. The number of carbonyl (C=O) groups is 2. The number of rotatable bonds is 6. The lowest BCUT2D eigenvalue weighted by Gasteiger charge is -2.04. The molecule has 2 aromatic rings. The minimum atomic E-state index is -0.537. The molecule has 1 aromatic heterocycles. The summed E-state index contributed by atoms with van der Waals surface area (Å²) in [6.45, 7) is 0.361. The van der Waals surface area contributed by atoms with Gasteiger partial charge in [0, 0.05) is 16.6 Å². The third-order valence-electron chi connectivity index (χ3n) is 2.62. The Morgan fingerprint density at radius 2 is 2.05 bits per heavy atom. The van der Waals surface area contributed by atoms with Crippen molar-refractivity contribution in [2.24, 2.45) is 5.73 Å². The zero-order valence-corrected chi connectivity index (χ0v) is 11.5. The van der Waals surface area contributed by atoms with Crippen LogP contribution in [-0.2, 0) is 9.53 Å². The monoisotopic (exact) mass is 293 g/mol. The van der Waals surface area contributed by atoms with Crippen LogP contribution in [0.25, 0.3) is 10.1 Å². The number of hydrogen-bond donors (Lipinski definition) is 3. The number of carbonyl (C=O) groups excluding carboxylic acids is 2. The number of fused-ring (bicyclic) bond motifs is 1. The summed E-state index contributed by atoms with van der Waals surface area (Å²) in [4.78, 5) is 22.9. The van der Waals surface area contributed by atoms with E-state index in [0.29, 0.717) is 17.1 Å². The molecule has 0 aliphatic rings. The van der Waals surface area contributed by atoms with Gasteiger partial charge in [0.25, 0.3) is 5.91 Å². The molecule has 1 heterocycles. The van der Waals surface area contributed by atoms with Crippen molar-refractivity contribution in [2.45, 2.75) is 0 Å². The van der Waals surface area contributed by atoms with Gasteiger partial charge in [0.05, 0.1) is 12.3 Å². The molecule has 0 radical (unpaired) electrons. The minimum Gasteiger partial charge on any atom is -0.397 e. The lowest BCUT2D eigenvalue weighted by Crippen LogP contribution is -2.28. The Hall–Kier alpha value is -2.12. The van der Waals surface area contributed by atoms with Crippen molar-refractivity contribution in [2.75, 3.05) is 25.5 Å². The van der Waals surface area contributed by atoms with Gasteiger partial charge in [-0.2, -0.15) is 0 Å². The topological polar surface area (TPSA) is 107 Å². The number of benzene rings is 1. The number of anilines is 1. The SMILES string of the molecule is NC(=O)COCCNC(=O)c1sc2ccccc2c1N. The third kappa shape index (κ3) is 3.25. The molecule has 7 heteroatoms. The number of hydrogen-bond acceptors (Lipinski definition) is 5. The first-order valence-electron chi connectivity index (χ1n) is 6.01. The molecule has 20 heavy (non-hydrogen) atoms. The van der Waals surface area contributed by atoms with Crippen LogP contribution in [0.4, 0.5) is 5.69 Å². The maximum absolute atomic E-state index is 12.0. The molecular weight excluding hydrogens is 278 g/mol. The molecule has 0 saturated heterocycles. The summed E-state index contributed by atoms with van der Waals surface area (Å²) in [7, 11) is 0. The van der Waals surface area contributed by atoms with Gasteiger partial charge in [-0.05, 0) is 6.07 Å². The summed E-state index contributed by atoms with van der Waals surface area (Å²) in [5, 5.41) is 3.57. The van der Waals surface area contributed by atoms with Gasteiger partial charge in [-0.1, -0.05) is 18.2 Å². The van der Waals surface area contributed by atoms with Crippen LogP contribution in [0.5, 0.6) is 0 Å². The highest BCUT2D eigenvalue weighted by molar-refractivity contribution is 7.21. The Labute approximate surface area is 119 Å². The average molecular weight is 293 g/mol. The van der Waals surface area contributed by atoms with Crippen LogP contribution in [0.1, 0.15) is 9.67 Å². The first-order chi connectivity index (χ1) is 9.59. The van der Waals surface area contributed by atoms with Gasteiger partial charge in [0.15, 0.2) is 0 Å². The number of thiophene rings is 1. The normalized spacial score (nSPS) is 10.6. The molecule has 0 saturated carbocycles. The van der Waals surface area contributed by atoms with E-state index in [1.54, 1.807) is 0 Å². The highest BCUT2D eigenvalue weighted by Crippen LogP contribution is 2.33. The fourth-order valence-corrected chi connectivity index (χ4v) is 2.76.